The van der Waals surface area contributed by atoms with Crippen LogP contribution in [-0.2, 0) is 0 Å². The maximum absolute atomic E-state index is 5.45. The van der Waals surface area contributed by atoms with E-state index in [4.69, 9.17) is 9.98 Å². The van der Waals surface area contributed by atoms with Gasteiger partial charge in [-0.25, -0.2) is 9.98 Å². The summed E-state index contributed by atoms with van der Waals surface area (Å²) in [5, 5.41) is 0. The average Bonchev–Trinajstić information content (AvgIpc) is 3.99. The minimum atomic E-state index is 0.776. The number of aryl methyl sites for hydroxylation is 4. The van der Waals surface area contributed by atoms with Crippen LogP contribution in [0.15, 0.2) is 178 Å². The molecule has 8 bridgehead atoms. The zero-order valence-corrected chi connectivity index (χ0v) is 30.0. The number of rotatable bonds is 4. The summed E-state index contributed by atoms with van der Waals surface area (Å²) in [6.45, 7) is 8.54. The summed E-state index contributed by atoms with van der Waals surface area (Å²) >= 11 is 0. The number of aromatic amines is 1. The van der Waals surface area contributed by atoms with E-state index in [1.165, 1.54) is 44.5 Å². The number of hydrogen-bond donors (Lipinski definition) is 1. The van der Waals surface area contributed by atoms with Gasteiger partial charge in [0.2, 0.25) is 0 Å². The lowest BCUT2D eigenvalue weighted by atomic mass is 9.91. The first-order chi connectivity index (χ1) is 25.4. The summed E-state index contributed by atoms with van der Waals surface area (Å²) < 4.78 is 0. The topological polar surface area (TPSA) is 40.5 Å². The summed E-state index contributed by atoms with van der Waals surface area (Å²) in [6.07, 6.45) is 14.1. The van der Waals surface area contributed by atoms with E-state index in [0.29, 0.717) is 0 Å². The van der Waals surface area contributed by atoms with Crippen LogP contribution in [0.5, 0.6) is 0 Å². The molecule has 0 spiro atoms. The third-order valence-corrected chi connectivity index (χ3v) is 10.4. The molecule has 1 N–H and O–H groups in total. The Morgan fingerprint density at radius 1 is 0.365 bits per heavy atom. The van der Waals surface area contributed by atoms with Crippen molar-refractivity contribution in [1.82, 2.24) is 4.98 Å². The van der Waals surface area contributed by atoms with Crippen molar-refractivity contribution >= 4 is 33.7 Å². The highest BCUT2D eigenvalue weighted by Crippen LogP contribution is 2.41. The molecule has 52 heavy (non-hydrogen) atoms. The smallest absolute Gasteiger partial charge is 0.0737 e. The van der Waals surface area contributed by atoms with Crippen molar-refractivity contribution in [3.8, 4) is 0 Å². The molecule has 0 amide bonds. The van der Waals surface area contributed by atoms with Gasteiger partial charge in [-0.05, 0) is 104 Å². The quantitative estimate of drug-likeness (QED) is 0.198. The van der Waals surface area contributed by atoms with E-state index < -0.39 is 0 Å². The van der Waals surface area contributed by atoms with Crippen molar-refractivity contribution in [3.63, 3.8) is 0 Å². The highest BCUT2D eigenvalue weighted by molar-refractivity contribution is 6.34. The van der Waals surface area contributed by atoms with Crippen molar-refractivity contribution < 1.29 is 0 Å². The molecule has 4 aliphatic rings. The number of aromatic nitrogens is 1. The molecule has 3 nitrogen and oxygen atoms in total. The molecule has 0 unspecified atom stereocenters. The van der Waals surface area contributed by atoms with Gasteiger partial charge in [0.05, 0.1) is 22.8 Å². The Labute approximate surface area is 305 Å². The first kappa shape index (κ1) is 31.6. The van der Waals surface area contributed by atoms with Crippen molar-refractivity contribution in [3.05, 3.63) is 224 Å². The fourth-order valence-electron chi connectivity index (χ4n) is 7.59. The third-order valence-electron chi connectivity index (χ3n) is 10.4. The standard InChI is InChI=1S/C49H39N3/c1-30-5-13-34(14-6-30)46-38-21-22-39(29-38)47(35-15-7-31(2)8-16-35)41-24-26-43(51-41)49(37-19-11-33(4)12-20-37)45-28-27-44(52-45)48(42-25-23-40(46)50-42)36-17-9-32(3)10-18-36/h5-28,52H,29H2,1-4H3. The Morgan fingerprint density at radius 3 is 1.04 bits per heavy atom. The molecule has 250 valence electrons. The van der Waals surface area contributed by atoms with Crippen LogP contribution in [0.2, 0.25) is 0 Å². The first-order valence-corrected chi connectivity index (χ1v) is 18.0. The van der Waals surface area contributed by atoms with Crippen LogP contribution >= 0.6 is 0 Å². The molecule has 3 aliphatic heterocycles. The number of nitrogens with one attached hydrogen (secondary N) is 1. The summed E-state index contributed by atoms with van der Waals surface area (Å²) in [6, 6.07) is 39.6. The summed E-state index contributed by atoms with van der Waals surface area (Å²) in [4.78, 5) is 14.8. The van der Waals surface area contributed by atoms with E-state index in [9.17, 15) is 0 Å². The lowest BCUT2D eigenvalue weighted by Gasteiger charge is -2.15. The van der Waals surface area contributed by atoms with Crippen LogP contribution in [0.4, 0.5) is 0 Å². The normalized spacial score (nSPS) is 16.5. The van der Waals surface area contributed by atoms with E-state index in [1.54, 1.807) is 0 Å². The largest absolute Gasteiger partial charge is 0.354 e. The summed E-state index contributed by atoms with van der Waals surface area (Å²) in [7, 11) is 0. The van der Waals surface area contributed by atoms with Crippen molar-refractivity contribution in [2.24, 2.45) is 9.98 Å². The second kappa shape index (κ2) is 12.8. The number of benzene rings is 4. The van der Waals surface area contributed by atoms with Crippen molar-refractivity contribution in [1.29, 1.82) is 0 Å². The lowest BCUT2D eigenvalue weighted by Crippen LogP contribution is -2.03. The molecule has 0 radical (unpaired) electrons. The Morgan fingerprint density at radius 2 is 0.692 bits per heavy atom. The maximum atomic E-state index is 5.45. The molecular formula is C49H39N3. The molecule has 5 aromatic rings. The lowest BCUT2D eigenvalue weighted by molar-refractivity contribution is 1.26. The summed E-state index contributed by atoms with van der Waals surface area (Å²) in [5.74, 6) is 0. The molecule has 0 saturated heterocycles. The van der Waals surface area contributed by atoms with Crippen molar-refractivity contribution in [2.45, 2.75) is 34.1 Å². The Hall–Kier alpha value is -6.32. The molecule has 0 saturated carbocycles. The van der Waals surface area contributed by atoms with Gasteiger partial charge in [0.1, 0.15) is 0 Å². The first-order valence-electron chi connectivity index (χ1n) is 18.0. The van der Waals surface area contributed by atoms with Gasteiger partial charge >= 0.3 is 0 Å². The van der Waals surface area contributed by atoms with Crippen LogP contribution < -0.4 is 0 Å². The van der Waals surface area contributed by atoms with Gasteiger partial charge in [-0.3, -0.25) is 0 Å². The van der Waals surface area contributed by atoms with Gasteiger partial charge < -0.3 is 4.98 Å². The van der Waals surface area contributed by atoms with Gasteiger partial charge in [-0.15, -0.1) is 0 Å². The summed E-state index contributed by atoms with van der Waals surface area (Å²) in [5.41, 5.74) is 22.3. The number of allylic oxidation sites excluding steroid dienone is 10. The number of aliphatic imine (C=N–C) groups is 2. The van der Waals surface area contributed by atoms with Crippen LogP contribution in [0.3, 0.4) is 0 Å². The fourth-order valence-corrected chi connectivity index (χ4v) is 7.59. The number of fused-ring (bicyclic) bond motifs is 6. The minimum Gasteiger partial charge on any atom is -0.354 e. The zero-order chi connectivity index (χ0) is 35.3. The molecule has 4 aromatic carbocycles. The third kappa shape index (κ3) is 5.75. The van der Waals surface area contributed by atoms with Crippen LogP contribution in [0.25, 0.3) is 22.3 Å². The van der Waals surface area contributed by atoms with Gasteiger partial charge in [-0.2, -0.15) is 0 Å². The molecule has 1 aromatic heterocycles. The van der Waals surface area contributed by atoms with E-state index in [-0.39, 0.29) is 0 Å². The van der Waals surface area contributed by atoms with Crippen LogP contribution in [0, 0.1) is 27.7 Å². The number of nitrogens with zero attached hydrogens (tertiary/aromatic N) is 2. The van der Waals surface area contributed by atoms with E-state index in [1.807, 2.05) is 0 Å². The molecule has 1 aliphatic carbocycles. The van der Waals surface area contributed by atoms with Crippen LogP contribution in [0.1, 0.15) is 62.3 Å². The second-order valence-corrected chi connectivity index (χ2v) is 14.2. The Bertz CT molecular complexity index is 2370. The van der Waals surface area contributed by atoms with E-state index in [2.05, 4.69) is 178 Å². The minimum absolute atomic E-state index is 0.776. The Balaban J connectivity index is 1.35. The second-order valence-electron chi connectivity index (χ2n) is 14.2. The fraction of sp³-hybridized carbons (Fsp3) is 0.102. The highest BCUT2D eigenvalue weighted by Gasteiger charge is 2.26. The molecule has 0 fully saturated rings. The van der Waals surface area contributed by atoms with Crippen molar-refractivity contribution in [2.75, 3.05) is 0 Å². The highest BCUT2D eigenvalue weighted by atomic mass is 14.8. The van der Waals surface area contributed by atoms with Gasteiger partial charge in [-0.1, -0.05) is 131 Å². The maximum Gasteiger partial charge on any atom is 0.0737 e. The Kier molecular flexibility index (Phi) is 7.78. The SMILES string of the molecule is Cc1ccc(C2=C3C=CC(=C(c4ccc(C)cc4)C4=NC(=C(c5ccc(C)cc5)c5ccc([nH]5)C(c5ccc(C)cc5)=C5C=CC2=N5)C=C4)C3)cc1. The molecule has 0 atom stereocenters. The predicted octanol–water partition coefficient (Wildman–Crippen LogP) is 11.7. The average molecular weight is 670 g/mol. The predicted molar refractivity (Wildman–Crippen MR) is 218 cm³/mol. The number of hydrogen-bond acceptors (Lipinski definition) is 2. The molecule has 9 rings (SSSR count). The molecule has 3 heteroatoms. The monoisotopic (exact) mass is 669 g/mol. The van der Waals surface area contributed by atoms with E-state index >= 15 is 0 Å². The van der Waals surface area contributed by atoms with Gasteiger partial charge in [0, 0.05) is 33.7 Å². The van der Waals surface area contributed by atoms with Crippen LogP contribution in [-0.4, -0.2) is 16.4 Å². The van der Waals surface area contributed by atoms with E-state index in [0.717, 1.165) is 74.0 Å². The molecule has 4 heterocycles. The van der Waals surface area contributed by atoms with Gasteiger partial charge in [0.15, 0.2) is 0 Å². The zero-order valence-electron chi connectivity index (χ0n) is 30.0. The molecular weight excluding hydrogens is 631 g/mol. The van der Waals surface area contributed by atoms with Gasteiger partial charge in [0.25, 0.3) is 0 Å². The number of H-pyrrole nitrogens is 1.